The fourth-order valence-corrected chi connectivity index (χ4v) is 9.44. The molecule has 0 spiro atoms. The Labute approximate surface area is 356 Å². The number of hydrogen-bond acceptors (Lipinski definition) is 6. The smallest absolute Gasteiger partial charge is 0.198 e. The Morgan fingerprint density at radius 1 is 0.593 bits per heavy atom. The number of fused-ring (bicyclic) bond motifs is 2. The van der Waals surface area contributed by atoms with Crippen LogP contribution in [-0.2, 0) is 6.42 Å². The molecular weight excluding hydrogens is 840 g/mol. The van der Waals surface area contributed by atoms with Crippen molar-refractivity contribution in [2.45, 2.75) is 38.1 Å². The highest BCUT2D eigenvalue weighted by molar-refractivity contribution is 14.1. The standard InChI is InChI=1S/C50H39IN8/c1-2-3-28-43-56-46-48(54-31-29-52-46)58(43)41-26-14-24-35(33-16-6-4-7-17-33)44(41)39-22-12-10-20-37(39)38-21-11-13-23-40(38)45-36(34-18-8-5-9-19-34)25-15-27-42(45)59-49-47(57-50(59)51)53-30-32-55-49/h4-27,29-32,42,45H,2-3,28H2,1H3. The Kier molecular flexibility index (Phi) is 9.95. The number of aromatic nitrogens is 8. The van der Waals surface area contributed by atoms with Crippen LogP contribution in [0.3, 0.4) is 0 Å². The topological polar surface area (TPSA) is 87.2 Å². The zero-order chi connectivity index (χ0) is 39.7. The zero-order valence-electron chi connectivity index (χ0n) is 32.4. The van der Waals surface area contributed by atoms with E-state index in [1.54, 1.807) is 24.8 Å². The molecule has 0 radical (unpaired) electrons. The molecule has 5 aromatic carbocycles. The third-order valence-electron chi connectivity index (χ3n) is 11.2. The predicted octanol–water partition coefficient (Wildman–Crippen LogP) is 11.9. The minimum absolute atomic E-state index is 0.100. The van der Waals surface area contributed by atoms with E-state index < -0.39 is 0 Å². The van der Waals surface area contributed by atoms with Crippen molar-refractivity contribution < 1.29 is 0 Å². The third-order valence-corrected chi connectivity index (χ3v) is 12.0. The van der Waals surface area contributed by atoms with Gasteiger partial charge in [0.25, 0.3) is 0 Å². The number of benzene rings is 5. The van der Waals surface area contributed by atoms with Gasteiger partial charge in [0.05, 0.1) is 11.7 Å². The van der Waals surface area contributed by atoms with Crippen LogP contribution >= 0.6 is 22.6 Å². The van der Waals surface area contributed by atoms with Gasteiger partial charge in [-0.25, -0.2) is 29.9 Å². The summed E-state index contributed by atoms with van der Waals surface area (Å²) in [4.78, 5) is 28.9. The summed E-state index contributed by atoms with van der Waals surface area (Å²) >= 11 is 2.34. The van der Waals surface area contributed by atoms with Gasteiger partial charge in [0.2, 0.25) is 0 Å². The van der Waals surface area contributed by atoms with E-state index in [1.165, 1.54) is 16.7 Å². The van der Waals surface area contributed by atoms with Gasteiger partial charge in [-0.05, 0) is 57.0 Å². The number of unbranched alkanes of at least 4 members (excludes halogenated alkanes) is 1. The van der Waals surface area contributed by atoms with E-state index in [2.05, 4.69) is 194 Å². The van der Waals surface area contributed by atoms with Crippen LogP contribution < -0.4 is 0 Å². The molecule has 9 heteroatoms. The van der Waals surface area contributed by atoms with Gasteiger partial charge in [-0.3, -0.25) is 9.13 Å². The van der Waals surface area contributed by atoms with Gasteiger partial charge in [0, 0.05) is 65.3 Å². The molecule has 0 aliphatic heterocycles. The van der Waals surface area contributed by atoms with Gasteiger partial charge < -0.3 is 0 Å². The molecule has 8 nitrogen and oxygen atoms in total. The van der Waals surface area contributed by atoms with Crippen molar-refractivity contribution in [2.24, 2.45) is 0 Å². The first-order valence-corrected chi connectivity index (χ1v) is 21.1. The Hall–Kier alpha value is -6.59. The Morgan fingerprint density at radius 3 is 1.98 bits per heavy atom. The number of imidazole rings is 2. The van der Waals surface area contributed by atoms with Crippen molar-refractivity contribution >= 4 is 50.8 Å². The normalized spacial score (nSPS) is 15.2. The van der Waals surface area contributed by atoms with Crippen LogP contribution in [-0.4, -0.2) is 39.0 Å². The molecule has 1 aliphatic carbocycles. The average molecular weight is 879 g/mol. The average Bonchev–Trinajstić information content (AvgIpc) is 3.84. The Bertz CT molecular complexity index is 3020. The van der Waals surface area contributed by atoms with Crippen molar-refractivity contribution in [3.8, 4) is 39.1 Å². The summed E-state index contributed by atoms with van der Waals surface area (Å²) in [6, 6.07) is 45.6. The van der Waals surface area contributed by atoms with E-state index >= 15 is 0 Å². The highest BCUT2D eigenvalue weighted by atomic mass is 127. The van der Waals surface area contributed by atoms with Crippen molar-refractivity contribution in [3.05, 3.63) is 191 Å². The molecule has 0 fully saturated rings. The second kappa shape index (κ2) is 16.0. The van der Waals surface area contributed by atoms with E-state index in [-0.39, 0.29) is 12.0 Å². The lowest BCUT2D eigenvalue weighted by atomic mass is 9.75. The van der Waals surface area contributed by atoms with E-state index in [9.17, 15) is 0 Å². The number of hydrogen-bond donors (Lipinski definition) is 0. The molecule has 286 valence electrons. The van der Waals surface area contributed by atoms with Gasteiger partial charge in [-0.2, -0.15) is 0 Å². The number of aryl methyl sites for hydroxylation is 1. The molecule has 2 atom stereocenters. The van der Waals surface area contributed by atoms with Crippen LogP contribution in [0, 0.1) is 3.83 Å². The maximum atomic E-state index is 5.08. The molecule has 9 aromatic rings. The zero-order valence-corrected chi connectivity index (χ0v) is 34.6. The summed E-state index contributed by atoms with van der Waals surface area (Å²) in [5, 5.41) is 0. The first-order valence-electron chi connectivity index (χ1n) is 20.0. The van der Waals surface area contributed by atoms with Crippen LogP contribution in [0.15, 0.2) is 170 Å². The molecule has 4 heterocycles. The second-order valence-electron chi connectivity index (χ2n) is 14.7. The van der Waals surface area contributed by atoms with Gasteiger partial charge in [0.15, 0.2) is 26.4 Å². The molecule has 10 rings (SSSR count). The van der Waals surface area contributed by atoms with Crippen molar-refractivity contribution in [1.82, 2.24) is 39.0 Å². The second-order valence-corrected chi connectivity index (χ2v) is 15.6. The SMILES string of the molecule is CCCCc1nc2nccnc2n1-c1cccc(-c2ccccc2)c1-c1ccccc1-c1ccccc1C1C(c2ccccc2)=CC=CC1n1c(I)nc2nccnc21. The Balaban J connectivity index is 1.24. The van der Waals surface area contributed by atoms with Crippen LogP contribution in [0.25, 0.3) is 67.2 Å². The summed E-state index contributed by atoms with van der Waals surface area (Å²) in [6.07, 6.45) is 16.5. The van der Waals surface area contributed by atoms with Gasteiger partial charge in [-0.1, -0.05) is 153 Å². The molecule has 0 N–H and O–H groups in total. The largest absolute Gasteiger partial charge is 0.295 e. The highest BCUT2D eigenvalue weighted by Crippen LogP contribution is 2.50. The number of halogens is 1. The highest BCUT2D eigenvalue weighted by Gasteiger charge is 2.34. The predicted molar refractivity (Wildman–Crippen MR) is 245 cm³/mol. The third kappa shape index (κ3) is 6.65. The number of rotatable bonds is 10. The molecule has 2 unspecified atom stereocenters. The molecule has 1 aliphatic rings. The number of allylic oxidation sites excluding steroid dienone is 4. The molecule has 59 heavy (non-hydrogen) atoms. The maximum Gasteiger partial charge on any atom is 0.198 e. The molecule has 4 aromatic heterocycles. The van der Waals surface area contributed by atoms with Crippen LogP contribution in [0.4, 0.5) is 0 Å². The summed E-state index contributed by atoms with van der Waals surface area (Å²) in [5.74, 6) is 0.856. The van der Waals surface area contributed by atoms with Crippen LogP contribution in [0.1, 0.15) is 48.7 Å². The van der Waals surface area contributed by atoms with Crippen molar-refractivity contribution in [1.29, 1.82) is 0 Å². The quantitative estimate of drug-likeness (QED) is 0.127. The van der Waals surface area contributed by atoms with Crippen LogP contribution in [0.2, 0.25) is 0 Å². The van der Waals surface area contributed by atoms with Gasteiger partial charge >= 0.3 is 0 Å². The van der Waals surface area contributed by atoms with Crippen molar-refractivity contribution in [2.75, 3.05) is 0 Å². The molecule has 0 saturated carbocycles. The fraction of sp³-hybridized carbons (Fsp3) is 0.120. The lowest BCUT2D eigenvalue weighted by molar-refractivity contribution is 0.554. The summed E-state index contributed by atoms with van der Waals surface area (Å²) in [5.41, 5.74) is 14.2. The van der Waals surface area contributed by atoms with Gasteiger partial charge in [-0.15, -0.1) is 0 Å². The number of nitrogens with zero attached hydrogens (tertiary/aromatic N) is 8. The van der Waals surface area contributed by atoms with E-state index in [1.807, 2.05) is 0 Å². The van der Waals surface area contributed by atoms with Gasteiger partial charge in [0.1, 0.15) is 5.82 Å². The molecule has 0 amide bonds. The van der Waals surface area contributed by atoms with E-state index in [0.717, 1.165) is 79.3 Å². The lowest BCUT2D eigenvalue weighted by Crippen LogP contribution is -2.22. The monoisotopic (exact) mass is 878 g/mol. The molecule has 0 bridgehead atoms. The van der Waals surface area contributed by atoms with E-state index in [0.29, 0.717) is 11.3 Å². The lowest BCUT2D eigenvalue weighted by Gasteiger charge is -2.33. The Morgan fingerprint density at radius 2 is 1.22 bits per heavy atom. The maximum absolute atomic E-state index is 5.08. The first kappa shape index (κ1) is 36.7. The van der Waals surface area contributed by atoms with Crippen LogP contribution in [0.5, 0.6) is 0 Å². The minimum atomic E-state index is -0.138. The fourth-order valence-electron chi connectivity index (χ4n) is 8.66. The first-order chi connectivity index (χ1) is 29.2. The van der Waals surface area contributed by atoms with E-state index in [4.69, 9.17) is 19.9 Å². The molecular formula is C50H39IN8. The molecule has 0 saturated heterocycles. The van der Waals surface area contributed by atoms with Crippen molar-refractivity contribution in [3.63, 3.8) is 0 Å². The minimum Gasteiger partial charge on any atom is -0.295 e. The summed E-state index contributed by atoms with van der Waals surface area (Å²) < 4.78 is 5.33. The summed E-state index contributed by atoms with van der Waals surface area (Å²) in [6.45, 7) is 2.22. The summed E-state index contributed by atoms with van der Waals surface area (Å²) in [7, 11) is 0.